The molecule has 0 saturated carbocycles. The summed E-state index contributed by atoms with van der Waals surface area (Å²) in [7, 11) is 0. The van der Waals surface area contributed by atoms with Crippen LogP contribution in [-0.4, -0.2) is 39.1 Å². The lowest BCUT2D eigenvalue weighted by Crippen LogP contribution is -2.39. The molecule has 0 aliphatic carbocycles. The van der Waals surface area contributed by atoms with Gasteiger partial charge < -0.3 is 9.32 Å². The molecule has 1 N–H and O–H groups in total. The second kappa shape index (κ2) is 7.62. The predicted octanol–water partition coefficient (Wildman–Crippen LogP) is 4.52. The molecule has 3 aromatic rings. The fourth-order valence-electron chi connectivity index (χ4n) is 3.94. The molecule has 28 heavy (non-hydrogen) atoms. The number of hydrogen-bond donors (Lipinski definition) is 1. The molecule has 1 aromatic carbocycles. The third-order valence-electron chi connectivity index (χ3n) is 5.47. The second-order valence-electron chi connectivity index (χ2n) is 7.87. The van der Waals surface area contributed by atoms with Gasteiger partial charge in [-0.25, -0.2) is 4.98 Å². The highest BCUT2D eigenvalue weighted by Gasteiger charge is 2.31. The SMILES string of the molecule is Cc1ccc(-c2cn[nH]c2[C@@H]2CCCN(C(=O)c3ncoc3C(C)C)C2)cc1. The van der Waals surface area contributed by atoms with Crippen LogP contribution in [0, 0.1) is 6.92 Å². The lowest BCUT2D eigenvalue weighted by Gasteiger charge is -2.32. The van der Waals surface area contributed by atoms with E-state index in [2.05, 4.69) is 46.4 Å². The Kier molecular flexibility index (Phi) is 5.03. The normalized spacial score (nSPS) is 17.3. The van der Waals surface area contributed by atoms with Crippen molar-refractivity contribution in [2.75, 3.05) is 13.1 Å². The number of nitrogens with zero attached hydrogens (tertiary/aromatic N) is 3. The van der Waals surface area contributed by atoms with E-state index in [0.717, 1.165) is 36.2 Å². The van der Waals surface area contributed by atoms with E-state index in [1.54, 1.807) is 0 Å². The summed E-state index contributed by atoms with van der Waals surface area (Å²) in [6.45, 7) is 7.50. The molecule has 1 atom stereocenters. The number of benzene rings is 1. The minimum Gasteiger partial charge on any atom is -0.447 e. The molecular formula is C22H26N4O2. The number of aromatic nitrogens is 3. The van der Waals surface area contributed by atoms with Crippen molar-refractivity contribution in [2.45, 2.75) is 45.4 Å². The summed E-state index contributed by atoms with van der Waals surface area (Å²) in [6.07, 6.45) is 5.24. The zero-order valence-electron chi connectivity index (χ0n) is 16.6. The molecule has 6 heteroatoms. The molecule has 1 amide bonds. The van der Waals surface area contributed by atoms with Gasteiger partial charge in [0.15, 0.2) is 12.1 Å². The van der Waals surface area contributed by atoms with Gasteiger partial charge in [0, 0.05) is 36.2 Å². The largest absolute Gasteiger partial charge is 0.447 e. The van der Waals surface area contributed by atoms with E-state index in [9.17, 15) is 4.79 Å². The molecule has 3 heterocycles. The number of nitrogens with one attached hydrogen (secondary N) is 1. The summed E-state index contributed by atoms with van der Waals surface area (Å²) in [6, 6.07) is 8.47. The van der Waals surface area contributed by atoms with Gasteiger partial charge in [0.2, 0.25) is 0 Å². The number of hydrogen-bond acceptors (Lipinski definition) is 4. The van der Waals surface area contributed by atoms with Crippen molar-refractivity contribution in [1.82, 2.24) is 20.1 Å². The van der Waals surface area contributed by atoms with Gasteiger partial charge in [-0.3, -0.25) is 9.89 Å². The predicted molar refractivity (Wildman–Crippen MR) is 107 cm³/mol. The van der Waals surface area contributed by atoms with E-state index in [1.165, 1.54) is 12.0 Å². The first kappa shape index (κ1) is 18.5. The number of carbonyl (C=O) groups is 1. The molecule has 1 saturated heterocycles. The lowest BCUT2D eigenvalue weighted by atomic mass is 9.90. The third kappa shape index (κ3) is 3.46. The van der Waals surface area contributed by atoms with E-state index in [1.807, 2.05) is 24.9 Å². The first-order valence-electron chi connectivity index (χ1n) is 9.87. The number of aryl methyl sites for hydroxylation is 1. The number of H-pyrrole nitrogens is 1. The first-order chi connectivity index (χ1) is 13.5. The molecule has 146 valence electrons. The van der Waals surface area contributed by atoms with Crippen LogP contribution in [0.4, 0.5) is 0 Å². The Balaban J connectivity index is 1.57. The van der Waals surface area contributed by atoms with Gasteiger partial charge in [0.05, 0.1) is 6.20 Å². The summed E-state index contributed by atoms with van der Waals surface area (Å²) in [4.78, 5) is 19.2. The molecule has 4 rings (SSSR count). The number of aromatic amines is 1. The van der Waals surface area contributed by atoms with Crippen LogP contribution in [0.15, 0.2) is 41.3 Å². The molecular weight excluding hydrogens is 352 g/mol. The van der Waals surface area contributed by atoms with E-state index >= 15 is 0 Å². The average molecular weight is 378 g/mol. The highest BCUT2D eigenvalue weighted by molar-refractivity contribution is 5.93. The first-order valence-corrected chi connectivity index (χ1v) is 9.87. The number of amides is 1. The van der Waals surface area contributed by atoms with Gasteiger partial charge in [0.1, 0.15) is 5.76 Å². The summed E-state index contributed by atoms with van der Waals surface area (Å²) >= 11 is 0. The Morgan fingerprint density at radius 3 is 2.82 bits per heavy atom. The standard InChI is InChI=1S/C22H26N4O2/c1-14(2)21-20(23-13-28-21)22(27)26-10-4-5-17(12-26)19-18(11-24-25-19)16-8-6-15(3)7-9-16/h6-9,11,13-14,17H,4-5,10,12H2,1-3H3,(H,24,25)/t17-/m1/s1. The van der Waals surface area contributed by atoms with Gasteiger partial charge in [-0.1, -0.05) is 43.7 Å². The van der Waals surface area contributed by atoms with Crippen LogP contribution in [0.1, 0.15) is 66.0 Å². The van der Waals surface area contributed by atoms with Crippen molar-refractivity contribution in [3.8, 4) is 11.1 Å². The number of oxazole rings is 1. The fraction of sp³-hybridized carbons (Fsp3) is 0.409. The van der Waals surface area contributed by atoms with Crippen molar-refractivity contribution in [3.05, 3.63) is 59.6 Å². The van der Waals surface area contributed by atoms with Crippen molar-refractivity contribution in [2.24, 2.45) is 0 Å². The van der Waals surface area contributed by atoms with Gasteiger partial charge in [-0.15, -0.1) is 0 Å². The number of likely N-dealkylation sites (tertiary alicyclic amines) is 1. The van der Waals surface area contributed by atoms with E-state index in [-0.39, 0.29) is 17.7 Å². The Morgan fingerprint density at radius 1 is 1.29 bits per heavy atom. The van der Waals surface area contributed by atoms with Crippen LogP contribution in [0.25, 0.3) is 11.1 Å². The van der Waals surface area contributed by atoms with Crippen LogP contribution in [0.2, 0.25) is 0 Å². The molecule has 6 nitrogen and oxygen atoms in total. The average Bonchev–Trinajstić information content (AvgIpc) is 3.38. The Labute approximate surface area is 165 Å². The number of carbonyl (C=O) groups excluding carboxylic acids is 1. The van der Waals surface area contributed by atoms with Gasteiger partial charge in [-0.05, 0) is 25.3 Å². The highest BCUT2D eigenvalue weighted by atomic mass is 16.3. The summed E-state index contributed by atoms with van der Waals surface area (Å²) in [5.74, 6) is 0.973. The van der Waals surface area contributed by atoms with Crippen molar-refractivity contribution in [3.63, 3.8) is 0 Å². The zero-order valence-corrected chi connectivity index (χ0v) is 16.6. The minimum atomic E-state index is -0.0430. The quantitative estimate of drug-likeness (QED) is 0.724. The van der Waals surface area contributed by atoms with Crippen LogP contribution >= 0.6 is 0 Å². The van der Waals surface area contributed by atoms with E-state index < -0.39 is 0 Å². The lowest BCUT2D eigenvalue weighted by molar-refractivity contribution is 0.0698. The molecule has 0 spiro atoms. The summed E-state index contributed by atoms with van der Waals surface area (Å²) in [5, 5.41) is 7.49. The van der Waals surface area contributed by atoms with Gasteiger partial charge >= 0.3 is 0 Å². The Hall–Kier alpha value is -2.89. The number of piperidine rings is 1. The maximum absolute atomic E-state index is 13.1. The molecule has 2 aromatic heterocycles. The summed E-state index contributed by atoms with van der Waals surface area (Å²) in [5.41, 5.74) is 5.04. The maximum Gasteiger partial charge on any atom is 0.276 e. The topological polar surface area (TPSA) is 75.0 Å². The van der Waals surface area contributed by atoms with Crippen molar-refractivity contribution < 1.29 is 9.21 Å². The smallest absolute Gasteiger partial charge is 0.276 e. The molecule has 1 aliphatic heterocycles. The number of rotatable bonds is 4. The van der Waals surface area contributed by atoms with Crippen LogP contribution in [0.3, 0.4) is 0 Å². The third-order valence-corrected chi connectivity index (χ3v) is 5.47. The second-order valence-corrected chi connectivity index (χ2v) is 7.87. The van der Waals surface area contributed by atoms with Crippen molar-refractivity contribution >= 4 is 5.91 Å². The fourth-order valence-corrected chi connectivity index (χ4v) is 3.94. The molecule has 1 aliphatic rings. The van der Waals surface area contributed by atoms with Crippen LogP contribution < -0.4 is 0 Å². The molecule has 0 radical (unpaired) electrons. The molecule has 0 bridgehead atoms. The van der Waals surface area contributed by atoms with Crippen molar-refractivity contribution in [1.29, 1.82) is 0 Å². The Bertz CT molecular complexity index is 955. The van der Waals surface area contributed by atoms with Crippen LogP contribution in [-0.2, 0) is 0 Å². The Morgan fingerprint density at radius 2 is 2.07 bits per heavy atom. The molecule has 1 fully saturated rings. The molecule has 0 unspecified atom stereocenters. The van der Waals surface area contributed by atoms with Gasteiger partial charge in [0.25, 0.3) is 5.91 Å². The van der Waals surface area contributed by atoms with E-state index in [0.29, 0.717) is 18.0 Å². The summed E-state index contributed by atoms with van der Waals surface area (Å²) < 4.78 is 5.45. The van der Waals surface area contributed by atoms with E-state index in [4.69, 9.17) is 4.42 Å². The van der Waals surface area contributed by atoms with Gasteiger partial charge in [-0.2, -0.15) is 5.10 Å². The highest BCUT2D eigenvalue weighted by Crippen LogP contribution is 2.34. The minimum absolute atomic E-state index is 0.0430. The monoisotopic (exact) mass is 378 g/mol. The maximum atomic E-state index is 13.1. The van der Waals surface area contributed by atoms with Crippen LogP contribution in [0.5, 0.6) is 0 Å². The zero-order chi connectivity index (χ0) is 19.7.